The number of hydrogen-bond acceptors (Lipinski definition) is 9. The number of nitrogens with zero attached hydrogens (tertiary/aromatic N) is 5. The van der Waals surface area contributed by atoms with Crippen LogP contribution >= 0.6 is 0 Å². The van der Waals surface area contributed by atoms with Crippen molar-refractivity contribution >= 4 is 29.4 Å². The van der Waals surface area contributed by atoms with Crippen LogP contribution in [0.4, 0.5) is 26.5 Å². The van der Waals surface area contributed by atoms with Gasteiger partial charge in [0.25, 0.3) is 0 Å². The summed E-state index contributed by atoms with van der Waals surface area (Å²) >= 11 is 0. The molecule has 2 aliphatic heterocycles. The van der Waals surface area contributed by atoms with Crippen molar-refractivity contribution in [2.45, 2.75) is 25.6 Å². The Hall–Kier alpha value is -3.67. The number of hydrogen-bond donors (Lipinski definition) is 3. The predicted molar refractivity (Wildman–Crippen MR) is 130 cm³/mol. The number of rotatable bonds is 6. The van der Waals surface area contributed by atoms with Crippen LogP contribution in [0.1, 0.15) is 18.4 Å². The van der Waals surface area contributed by atoms with E-state index in [2.05, 4.69) is 19.8 Å². The highest BCUT2D eigenvalue weighted by Crippen LogP contribution is 2.26. The Morgan fingerprint density at radius 1 is 1.11 bits per heavy atom. The molecular weight excluding hydrogens is 455 g/mol. The molecule has 11 nitrogen and oxygen atoms in total. The molecule has 4 N–H and O–H groups in total. The Kier molecular flexibility index (Phi) is 7.80. The summed E-state index contributed by atoms with van der Waals surface area (Å²) in [6, 6.07) is 5.01. The van der Waals surface area contributed by atoms with Crippen molar-refractivity contribution in [2.24, 2.45) is 5.73 Å². The summed E-state index contributed by atoms with van der Waals surface area (Å²) in [5, 5.41) is 9.03. The van der Waals surface area contributed by atoms with Crippen molar-refractivity contribution in [3.05, 3.63) is 42.0 Å². The molecule has 2 fully saturated rings. The van der Waals surface area contributed by atoms with Gasteiger partial charge in [0, 0.05) is 51.9 Å². The topological polar surface area (TPSA) is 133 Å². The van der Waals surface area contributed by atoms with E-state index < -0.39 is 17.9 Å². The zero-order chi connectivity index (χ0) is 24.8. The number of halogens is 1. The van der Waals surface area contributed by atoms with Crippen LogP contribution in [-0.2, 0) is 16.1 Å². The van der Waals surface area contributed by atoms with Gasteiger partial charge in [-0.15, -0.1) is 0 Å². The fourth-order valence-corrected chi connectivity index (χ4v) is 4.35. The maximum absolute atomic E-state index is 15.1. The van der Waals surface area contributed by atoms with Gasteiger partial charge in [-0.25, -0.2) is 19.2 Å². The van der Waals surface area contributed by atoms with Crippen LogP contribution in [0, 0.1) is 11.2 Å². The maximum Gasteiger partial charge on any atom is 0.414 e. The van der Waals surface area contributed by atoms with E-state index in [1.54, 1.807) is 25.3 Å². The molecule has 0 unspecified atom stereocenters. The van der Waals surface area contributed by atoms with Gasteiger partial charge in [-0.1, -0.05) is 12.1 Å². The number of anilines is 3. The highest BCUT2D eigenvalue weighted by atomic mass is 19.1. The monoisotopic (exact) mass is 486 g/mol. The number of nitrogens with one attached hydrogen (secondary N) is 2. The van der Waals surface area contributed by atoms with Gasteiger partial charge in [0.15, 0.2) is 11.8 Å². The Morgan fingerprint density at radius 3 is 2.40 bits per heavy atom. The molecule has 0 radical (unpaired) electrons. The van der Waals surface area contributed by atoms with Gasteiger partial charge in [-0.05, 0) is 18.9 Å². The third-order valence-corrected chi connectivity index (χ3v) is 6.32. The molecule has 0 aliphatic carbocycles. The quantitative estimate of drug-likeness (QED) is 0.412. The molecule has 1 aromatic heterocycles. The average molecular weight is 487 g/mol. The number of methoxy groups -OCH3 is 1. The van der Waals surface area contributed by atoms with Gasteiger partial charge >= 0.3 is 6.09 Å². The lowest BCUT2D eigenvalue weighted by molar-refractivity contribution is 0.0816. The molecule has 1 aromatic carbocycles. The minimum absolute atomic E-state index is 0.252. The molecular formula is C23H31FN8O3. The summed E-state index contributed by atoms with van der Waals surface area (Å²) in [7, 11) is 1.75. The van der Waals surface area contributed by atoms with E-state index >= 15 is 4.39 Å². The fourth-order valence-electron chi connectivity index (χ4n) is 4.35. The SMILES string of the molecule is COC1CCN(c2ncc(N3CCN(c4cccc(COC(=O)NC(=N)N)c4F)CC3)cn2)CC1. The number of ether oxygens (including phenoxy) is 2. The van der Waals surface area contributed by atoms with Crippen molar-refractivity contribution < 1.29 is 18.7 Å². The molecule has 188 valence electrons. The molecule has 2 aromatic rings. The van der Waals surface area contributed by atoms with E-state index in [-0.39, 0.29) is 12.2 Å². The number of carbonyl (C=O) groups is 1. The number of aromatic nitrogens is 2. The molecule has 0 spiro atoms. The van der Waals surface area contributed by atoms with Gasteiger partial charge in [-0.2, -0.15) is 0 Å². The van der Waals surface area contributed by atoms with Crippen LogP contribution in [0.3, 0.4) is 0 Å². The van der Waals surface area contributed by atoms with E-state index in [0.29, 0.717) is 38.0 Å². The van der Waals surface area contributed by atoms with Gasteiger partial charge in [-0.3, -0.25) is 10.7 Å². The van der Waals surface area contributed by atoms with Crippen LogP contribution in [0.25, 0.3) is 0 Å². The van der Waals surface area contributed by atoms with E-state index in [1.165, 1.54) is 0 Å². The lowest BCUT2D eigenvalue weighted by Crippen LogP contribution is -2.47. The highest BCUT2D eigenvalue weighted by molar-refractivity contribution is 5.90. The van der Waals surface area contributed by atoms with E-state index in [9.17, 15) is 4.79 Å². The standard InChI is InChI=1S/C23H31FN8O3/c1-34-18-5-7-32(8-6-18)22-27-13-17(14-28-22)30-9-11-31(12-10-30)19-4-2-3-16(20(19)24)15-35-23(33)29-21(25)26/h2-4,13-14,18H,5-12,15H2,1H3,(H4,25,26,29,33). The smallest absolute Gasteiger partial charge is 0.414 e. The Morgan fingerprint density at radius 2 is 1.77 bits per heavy atom. The Balaban J connectivity index is 1.32. The zero-order valence-corrected chi connectivity index (χ0v) is 19.7. The second-order valence-corrected chi connectivity index (χ2v) is 8.50. The minimum Gasteiger partial charge on any atom is -0.444 e. The number of carbonyl (C=O) groups excluding carboxylic acids is 1. The van der Waals surface area contributed by atoms with Crippen LogP contribution in [-0.4, -0.2) is 74.5 Å². The van der Waals surface area contributed by atoms with E-state index in [1.807, 2.05) is 22.6 Å². The zero-order valence-electron chi connectivity index (χ0n) is 19.7. The van der Waals surface area contributed by atoms with Crippen molar-refractivity contribution in [1.29, 1.82) is 5.41 Å². The minimum atomic E-state index is -0.899. The first-order chi connectivity index (χ1) is 16.9. The van der Waals surface area contributed by atoms with Crippen LogP contribution < -0.4 is 25.8 Å². The number of benzene rings is 1. The van der Waals surface area contributed by atoms with E-state index in [4.69, 9.17) is 20.6 Å². The summed E-state index contributed by atoms with van der Waals surface area (Å²) in [6.45, 7) is 4.15. The highest BCUT2D eigenvalue weighted by Gasteiger charge is 2.23. The number of alkyl carbamates (subject to hydrolysis) is 1. The number of amides is 1. The molecule has 4 rings (SSSR count). The molecule has 35 heavy (non-hydrogen) atoms. The summed E-state index contributed by atoms with van der Waals surface area (Å²) < 4.78 is 25.5. The fraction of sp³-hybridized carbons (Fsp3) is 0.478. The summed E-state index contributed by atoms with van der Waals surface area (Å²) in [5.74, 6) is -0.227. The largest absolute Gasteiger partial charge is 0.444 e. The number of piperidine rings is 1. The van der Waals surface area contributed by atoms with Crippen molar-refractivity contribution in [3.63, 3.8) is 0 Å². The summed E-state index contributed by atoms with van der Waals surface area (Å²) in [6.07, 6.45) is 5.06. The maximum atomic E-state index is 15.1. The lowest BCUT2D eigenvalue weighted by Gasteiger charge is -2.37. The molecule has 2 aliphatic rings. The van der Waals surface area contributed by atoms with E-state index in [0.717, 1.165) is 37.6 Å². The third kappa shape index (κ3) is 6.07. The van der Waals surface area contributed by atoms with Crippen molar-refractivity contribution in [3.8, 4) is 0 Å². The first kappa shape index (κ1) is 24.5. The number of piperazine rings is 1. The van der Waals surface area contributed by atoms with Crippen LogP contribution in [0.5, 0.6) is 0 Å². The molecule has 12 heteroatoms. The first-order valence-corrected chi connectivity index (χ1v) is 11.6. The van der Waals surface area contributed by atoms with Crippen molar-refractivity contribution in [1.82, 2.24) is 15.3 Å². The molecule has 3 heterocycles. The van der Waals surface area contributed by atoms with Gasteiger partial charge in [0.1, 0.15) is 6.61 Å². The molecule has 1 amide bonds. The molecule has 0 atom stereocenters. The number of guanidine groups is 1. The second kappa shape index (κ2) is 11.2. The summed E-state index contributed by atoms with van der Waals surface area (Å²) in [5.41, 5.74) is 6.75. The summed E-state index contributed by atoms with van der Waals surface area (Å²) in [4.78, 5) is 27.0. The normalized spacial score (nSPS) is 16.8. The first-order valence-electron chi connectivity index (χ1n) is 11.6. The molecule has 2 saturated heterocycles. The van der Waals surface area contributed by atoms with Gasteiger partial charge in [0.05, 0.1) is 29.9 Å². The Bertz CT molecular complexity index is 1020. The molecule has 0 bridgehead atoms. The predicted octanol–water partition coefficient (Wildman–Crippen LogP) is 1.68. The third-order valence-electron chi connectivity index (χ3n) is 6.32. The molecule has 0 saturated carbocycles. The van der Waals surface area contributed by atoms with Gasteiger partial charge < -0.3 is 29.9 Å². The lowest BCUT2D eigenvalue weighted by atomic mass is 10.1. The van der Waals surface area contributed by atoms with Gasteiger partial charge in [0.2, 0.25) is 5.95 Å². The average Bonchev–Trinajstić information content (AvgIpc) is 2.88. The van der Waals surface area contributed by atoms with Crippen LogP contribution in [0.2, 0.25) is 0 Å². The number of nitrogens with two attached hydrogens (primary N) is 1. The Labute approximate surface area is 203 Å². The van der Waals surface area contributed by atoms with Crippen molar-refractivity contribution in [2.75, 3.05) is 61.1 Å². The second-order valence-electron chi connectivity index (χ2n) is 8.50. The van der Waals surface area contributed by atoms with Crippen LogP contribution in [0.15, 0.2) is 30.6 Å².